The number of rotatable bonds is 5. The minimum atomic E-state index is -0.996. The van der Waals surface area contributed by atoms with Crippen LogP contribution in [0.15, 0.2) is 36.8 Å². The lowest BCUT2D eigenvalue weighted by molar-refractivity contribution is -0.141. The summed E-state index contributed by atoms with van der Waals surface area (Å²) in [6.07, 6.45) is 3.03. The monoisotopic (exact) mass is 343 g/mol. The van der Waals surface area contributed by atoms with E-state index in [9.17, 15) is 18.8 Å². The van der Waals surface area contributed by atoms with Crippen LogP contribution >= 0.6 is 0 Å². The van der Waals surface area contributed by atoms with E-state index in [0.29, 0.717) is 6.54 Å². The molecular formula is C18H18FN3O3. The zero-order chi connectivity index (χ0) is 18.1. The van der Waals surface area contributed by atoms with Crippen LogP contribution in [-0.2, 0) is 16.1 Å². The van der Waals surface area contributed by atoms with E-state index in [1.54, 1.807) is 36.7 Å². The summed E-state index contributed by atoms with van der Waals surface area (Å²) in [4.78, 5) is 42.0. The van der Waals surface area contributed by atoms with Gasteiger partial charge in [-0.3, -0.25) is 14.4 Å². The van der Waals surface area contributed by atoms with Gasteiger partial charge in [0.15, 0.2) is 5.78 Å². The Morgan fingerprint density at radius 2 is 1.96 bits per heavy atom. The van der Waals surface area contributed by atoms with Gasteiger partial charge < -0.3 is 9.47 Å². The van der Waals surface area contributed by atoms with Crippen molar-refractivity contribution >= 4 is 17.5 Å². The number of amides is 1. The highest BCUT2D eigenvalue weighted by Gasteiger charge is 2.44. The zero-order valence-electron chi connectivity index (χ0n) is 14.0. The summed E-state index contributed by atoms with van der Waals surface area (Å²) in [6.45, 7) is 4.13. The molecule has 0 bridgehead atoms. The third-order valence-corrected chi connectivity index (χ3v) is 4.27. The molecule has 0 spiro atoms. The van der Waals surface area contributed by atoms with E-state index < -0.39 is 23.4 Å². The number of hydrogen-bond acceptors (Lipinski definition) is 4. The van der Waals surface area contributed by atoms with Gasteiger partial charge in [0.25, 0.3) is 5.91 Å². The van der Waals surface area contributed by atoms with Crippen molar-refractivity contribution in [3.8, 4) is 0 Å². The summed E-state index contributed by atoms with van der Waals surface area (Å²) in [7, 11) is 0. The molecular weight excluding hydrogens is 325 g/mol. The maximum absolute atomic E-state index is 12.9. The quantitative estimate of drug-likeness (QED) is 0.470. The molecule has 1 saturated heterocycles. The Balaban J connectivity index is 1.73. The maximum atomic E-state index is 12.9. The van der Waals surface area contributed by atoms with Crippen LogP contribution < -0.4 is 0 Å². The molecule has 0 aliphatic carbocycles. The summed E-state index contributed by atoms with van der Waals surface area (Å²) in [5.74, 6) is -3.04. The first kappa shape index (κ1) is 17.0. The number of benzene rings is 1. The number of likely N-dealkylation sites (tertiary alicyclic amines) is 1. The maximum Gasteiger partial charge on any atom is 0.291 e. The third kappa shape index (κ3) is 3.35. The zero-order valence-corrected chi connectivity index (χ0v) is 14.0. The van der Waals surface area contributed by atoms with E-state index in [2.05, 4.69) is 4.98 Å². The molecule has 2 heterocycles. The molecule has 1 aromatic carbocycles. The Morgan fingerprint density at radius 1 is 1.28 bits per heavy atom. The van der Waals surface area contributed by atoms with E-state index in [4.69, 9.17) is 0 Å². The van der Waals surface area contributed by atoms with Crippen LogP contribution in [0.1, 0.15) is 29.9 Å². The first-order valence-electron chi connectivity index (χ1n) is 8.02. The fraction of sp³-hybridized carbons (Fsp3) is 0.333. The van der Waals surface area contributed by atoms with Gasteiger partial charge in [0.2, 0.25) is 5.78 Å². The largest absolute Gasteiger partial charge is 0.332 e. The molecule has 1 aliphatic heterocycles. The highest BCUT2D eigenvalue weighted by atomic mass is 19.1. The van der Waals surface area contributed by atoms with Crippen LogP contribution in [0, 0.1) is 11.7 Å². The first-order chi connectivity index (χ1) is 11.9. The van der Waals surface area contributed by atoms with Gasteiger partial charge in [0.05, 0.1) is 6.33 Å². The van der Waals surface area contributed by atoms with Gasteiger partial charge >= 0.3 is 0 Å². The Bertz CT molecular complexity index is 826. The van der Waals surface area contributed by atoms with E-state index in [1.807, 2.05) is 0 Å². The average Bonchev–Trinajstić information content (AvgIpc) is 3.15. The lowest BCUT2D eigenvalue weighted by Crippen LogP contribution is -2.33. The Labute approximate surface area is 144 Å². The standard InChI is InChI=1S/C18H18FN3O3/c1-11(2)22-8-14(17(24)18(22)25)16(23)15-9-21(10-20-15)7-12-3-5-13(19)6-4-12/h3-6,9-11,14H,7-8H2,1-2H3. The molecule has 0 radical (unpaired) electrons. The van der Waals surface area contributed by atoms with Crippen LogP contribution in [0.25, 0.3) is 0 Å². The first-order valence-corrected chi connectivity index (χ1v) is 8.02. The highest BCUT2D eigenvalue weighted by Crippen LogP contribution is 2.20. The van der Waals surface area contributed by atoms with Crippen molar-refractivity contribution in [2.75, 3.05) is 6.54 Å². The van der Waals surface area contributed by atoms with E-state index in [0.717, 1.165) is 5.56 Å². The summed E-state index contributed by atoms with van der Waals surface area (Å²) in [6, 6.07) is 5.89. The molecule has 25 heavy (non-hydrogen) atoms. The molecule has 0 N–H and O–H groups in total. The van der Waals surface area contributed by atoms with Crippen molar-refractivity contribution in [3.63, 3.8) is 0 Å². The summed E-state index contributed by atoms with van der Waals surface area (Å²) in [5.41, 5.74) is 1.01. The summed E-state index contributed by atoms with van der Waals surface area (Å²) in [5, 5.41) is 0. The van der Waals surface area contributed by atoms with Crippen molar-refractivity contribution in [2.45, 2.75) is 26.4 Å². The minimum absolute atomic E-state index is 0.0962. The van der Waals surface area contributed by atoms with Crippen LogP contribution in [0.3, 0.4) is 0 Å². The van der Waals surface area contributed by atoms with Gasteiger partial charge in [0.1, 0.15) is 17.4 Å². The average molecular weight is 343 g/mol. The minimum Gasteiger partial charge on any atom is -0.332 e. The predicted octanol–water partition coefficient (Wildman–Crippen LogP) is 1.69. The topological polar surface area (TPSA) is 72.3 Å². The second kappa shape index (κ2) is 6.58. The van der Waals surface area contributed by atoms with Gasteiger partial charge in [0, 0.05) is 25.3 Å². The molecule has 2 aromatic rings. The normalized spacial score (nSPS) is 17.6. The van der Waals surface area contributed by atoms with Crippen molar-refractivity contribution < 1.29 is 18.8 Å². The Hall–Kier alpha value is -2.83. The molecule has 1 unspecified atom stereocenters. The van der Waals surface area contributed by atoms with Crippen LogP contribution in [-0.4, -0.2) is 44.5 Å². The summed E-state index contributed by atoms with van der Waals surface area (Å²) < 4.78 is 14.6. The van der Waals surface area contributed by atoms with Gasteiger partial charge in [-0.2, -0.15) is 0 Å². The second-order valence-corrected chi connectivity index (χ2v) is 6.39. The SMILES string of the molecule is CC(C)N1CC(C(=O)c2cn(Cc3ccc(F)cc3)cn2)C(=O)C1=O. The number of carbonyl (C=O) groups is 3. The molecule has 6 nitrogen and oxygen atoms in total. The number of aromatic nitrogens is 2. The van der Waals surface area contributed by atoms with Crippen molar-refractivity contribution in [1.82, 2.24) is 14.5 Å². The number of ketones is 2. The number of hydrogen-bond donors (Lipinski definition) is 0. The molecule has 7 heteroatoms. The molecule has 1 aromatic heterocycles. The lowest BCUT2D eigenvalue weighted by atomic mass is 10.00. The molecule has 130 valence electrons. The lowest BCUT2D eigenvalue weighted by Gasteiger charge is -2.19. The van der Waals surface area contributed by atoms with Crippen LogP contribution in [0.4, 0.5) is 4.39 Å². The van der Waals surface area contributed by atoms with Crippen molar-refractivity contribution in [2.24, 2.45) is 5.92 Å². The van der Waals surface area contributed by atoms with E-state index in [-0.39, 0.29) is 24.1 Å². The smallest absolute Gasteiger partial charge is 0.291 e. The Kier molecular flexibility index (Phi) is 4.48. The van der Waals surface area contributed by atoms with Gasteiger partial charge in [-0.1, -0.05) is 12.1 Å². The van der Waals surface area contributed by atoms with Crippen molar-refractivity contribution in [3.05, 3.63) is 53.9 Å². The summed E-state index contributed by atoms with van der Waals surface area (Å²) >= 11 is 0. The van der Waals surface area contributed by atoms with Gasteiger partial charge in [-0.05, 0) is 31.5 Å². The van der Waals surface area contributed by atoms with E-state index >= 15 is 0 Å². The predicted molar refractivity (Wildman–Crippen MR) is 87.4 cm³/mol. The Morgan fingerprint density at radius 3 is 2.56 bits per heavy atom. The molecule has 1 amide bonds. The number of carbonyl (C=O) groups excluding carboxylic acids is 3. The third-order valence-electron chi connectivity index (χ3n) is 4.27. The fourth-order valence-corrected chi connectivity index (χ4v) is 2.85. The number of halogens is 1. The number of Topliss-reactive ketones (excluding diaryl/α,β-unsaturated/α-hetero) is 2. The number of nitrogens with zero attached hydrogens (tertiary/aromatic N) is 3. The van der Waals surface area contributed by atoms with Crippen LogP contribution in [0.2, 0.25) is 0 Å². The van der Waals surface area contributed by atoms with Gasteiger partial charge in [-0.25, -0.2) is 9.37 Å². The molecule has 1 aliphatic rings. The van der Waals surface area contributed by atoms with Crippen molar-refractivity contribution in [1.29, 1.82) is 0 Å². The van der Waals surface area contributed by atoms with Gasteiger partial charge in [-0.15, -0.1) is 0 Å². The number of imidazole rings is 1. The molecule has 1 atom stereocenters. The highest BCUT2D eigenvalue weighted by molar-refractivity contribution is 6.43. The fourth-order valence-electron chi connectivity index (χ4n) is 2.85. The molecule has 0 saturated carbocycles. The van der Waals surface area contributed by atoms with Crippen LogP contribution in [0.5, 0.6) is 0 Å². The van der Waals surface area contributed by atoms with E-state index in [1.165, 1.54) is 23.4 Å². The molecule has 1 fully saturated rings. The molecule has 3 rings (SSSR count). The second-order valence-electron chi connectivity index (χ2n) is 6.39.